The van der Waals surface area contributed by atoms with Gasteiger partial charge in [-0.05, 0) is 31.5 Å². The number of benzene rings is 1. The summed E-state index contributed by atoms with van der Waals surface area (Å²) in [6, 6.07) is 5.15. The normalized spacial score (nSPS) is 15.2. The van der Waals surface area contributed by atoms with Gasteiger partial charge in [0, 0.05) is 18.7 Å². The highest BCUT2D eigenvalue weighted by molar-refractivity contribution is 5.95. The molecular weight excluding hydrogens is 228 g/mol. The van der Waals surface area contributed by atoms with E-state index in [1.807, 2.05) is 11.8 Å². The lowest BCUT2D eigenvalue weighted by atomic mass is 10.1. The maximum atomic E-state index is 12.3. The van der Waals surface area contributed by atoms with Crippen LogP contribution in [-0.4, -0.2) is 31.0 Å². The van der Waals surface area contributed by atoms with Crippen molar-refractivity contribution in [1.82, 2.24) is 4.90 Å². The zero-order valence-electron chi connectivity index (χ0n) is 10.8. The molecule has 1 amide bonds. The number of rotatable bonds is 2. The number of nitrogens with two attached hydrogens (primary N) is 1. The molecule has 2 N–H and O–H groups in total. The lowest BCUT2D eigenvalue weighted by molar-refractivity contribution is 0.0765. The molecule has 18 heavy (non-hydrogen) atoms. The van der Waals surface area contributed by atoms with Gasteiger partial charge >= 0.3 is 0 Å². The summed E-state index contributed by atoms with van der Waals surface area (Å²) in [5.41, 5.74) is 8.14. The Balaban J connectivity index is 2.21. The Morgan fingerprint density at radius 1 is 1.44 bits per heavy atom. The largest absolute Gasteiger partial charge is 0.495 e. The van der Waals surface area contributed by atoms with E-state index in [1.54, 1.807) is 25.3 Å². The third kappa shape index (κ3) is 2.47. The van der Waals surface area contributed by atoms with E-state index in [4.69, 9.17) is 10.5 Å². The predicted octanol–water partition coefficient (Wildman–Crippen LogP) is 2.07. The van der Waals surface area contributed by atoms with E-state index in [0.29, 0.717) is 23.5 Å². The van der Waals surface area contributed by atoms with Crippen LogP contribution >= 0.6 is 0 Å². The topological polar surface area (TPSA) is 55.6 Å². The van der Waals surface area contributed by atoms with E-state index in [2.05, 4.69) is 6.08 Å². The number of anilines is 1. The number of carbonyl (C=O) groups is 1. The van der Waals surface area contributed by atoms with Crippen molar-refractivity contribution < 1.29 is 9.53 Å². The fourth-order valence-electron chi connectivity index (χ4n) is 2.11. The molecule has 0 radical (unpaired) electrons. The SMILES string of the molecule is COc1cc(C(=O)N2CCC=C(C)C2)ccc1N. The Kier molecular flexibility index (Phi) is 3.55. The van der Waals surface area contributed by atoms with Gasteiger partial charge < -0.3 is 15.4 Å². The van der Waals surface area contributed by atoms with Gasteiger partial charge in [0.1, 0.15) is 5.75 Å². The first kappa shape index (κ1) is 12.5. The molecule has 1 aromatic carbocycles. The molecule has 0 aliphatic carbocycles. The molecule has 0 atom stereocenters. The van der Waals surface area contributed by atoms with Crippen LogP contribution in [0.25, 0.3) is 0 Å². The Morgan fingerprint density at radius 3 is 2.89 bits per heavy atom. The molecule has 0 saturated heterocycles. The van der Waals surface area contributed by atoms with Gasteiger partial charge in [0.25, 0.3) is 5.91 Å². The Bertz CT molecular complexity index is 495. The minimum atomic E-state index is 0.0285. The highest BCUT2D eigenvalue weighted by Gasteiger charge is 2.18. The minimum absolute atomic E-state index is 0.0285. The van der Waals surface area contributed by atoms with E-state index >= 15 is 0 Å². The van der Waals surface area contributed by atoms with E-state index in [9.17, 15) is 4.79 Å². The third-order valence-corrected chi connectivity index (χ3v) is 3.10. The summed E-state index contributed by atoms with van der Waals surface area (Å²) >= 11 is 0. The van der Waals surface area contributed by atoms with Crippen molar-refractivity contribution in [3.8, 4) is 5.75 Å². The van der Waals surface area contributed by atoms with Crippen LogP contribution in [0.2, 0.25) is 0 Å². The second kappa shape index (κ2) is 5.12. The molecule has 96 valence electrons. The molecule has 1 heterocycles. The van der Waals surface area contributed by atoms with Gasteiger partial charge in [-0.15, -0.1) is 0 Å². The van der Waals surface area contributed by atoms with Gasteiger partial charge in [0.2, 0.25) is 0 Å². The number of ether oxygens (including phenoxy) is 1. The van der Waals surface area contributed by atoms with E-state index in [0.717, 1.165) is 13.0 Å². The van der Waals surface area contributed by atoms with E-state index in [1.165, 1.54) is 5.57 Å². The van der Waals surface area contributed by atoms with Crippen molar-refractivity contribution in [3.63, 3.8) is 0 Å². The molecule has 1 aliphatic rings. The van der Waals surface area contributed by atoms with Crippen molar-refractivity contribution in [3.05, 3.63) is 35.4 Å². The summed E-state index contributed by atoms with van der Waals surface area (Å²) in [6.45, 7) is 3.51. The zero-order chi connectivity index (χ0) is 13.1. The van der Waals surface area contributed by atoms with Gasteiger partial charge in [0.15, 0.2) is 0 Å². The van der Waals surface area contributed by atoms with Crippen LogP contribution in [0.15, 0.2) is 29.8 Å². The van der Waals surface area contributed by atoms with Crippen LogP contribution in [0.1, 0.15) is 23.7 Å². The summed E-state index contributed by atoms with van der Waals surface area (Å²) in [5.74, 6) is 0.575. The molecule has 4 heteroatoms. The number of hydrogen-bond donors (Lipinski definition) is 1. The van der Waals surface area contributed by atoms with Gasteiger partial charge in [0.05, 0.1) is 12.8 Å². The summed E-state index contributed by atoms with van der Waals surface area (Å²) in [5, 5.41) is 0. The summed E-state index contributed by atoms with van der Waals surface area (Å²) in [7, 11) is 1.55. The van der Waals surface area contributed by atoms with Gasteiger partial charge in [-0.3, -0.25) is 4.79 Å². The quantitative estimate of drug-likeness (QED) is 0.642. The summed E-state index contributed by atoms with van der Waals surface area (Å²) in [4.78, 5) is 14.2. The lowest BCUT2D eigenvalue weighted by Crippen LogP contribution is -2.35. The molecule has 0 saturated carbocycles. The molecule has 1 aliphatic heterocycles. The van der Waals surface area contributed by atoms with Crippen molar-refractivity contribution in [2.75, 3.05) is 25.9 Å². The van der Waals surface area contributed by atoms with Gasteiger partial charge in [-0.1, -0.05) is 11.6 Å². The van der Waals surface area contributed by atoms with Gasteiger partial charge in [-0.2, -0.15) is 0 Å². The lowest BCUT2D eigenvalue weighted by Gasteiger charge is -2.26. The monoisotopic (exact) mass is 246 g/mol. The number of methoxy groups -OCH3 is 1. The van der Waals surface area contributed by atoms with Gasteiger partial charge in [-0.25, -0.2) is 0 Å². The molecule has 0 fully saturated rings. The molecule has 0 unspecified atom stereocenters. The van der Waals surface area contributed by atoms with Crippen LogP contribution < -0.4 is 10.5 Å². The first-order valence-electron chi connectivity index (χ1n) is 6.00. The Hall–Kier alpha value is -1.97. The second-order valence-corrected chi connectivity index (χ2v) is 4.52. The van der Waals surface area contributed by atoms with Crippen LogP contribution in [0, 0.1) is 0 Å². The Morgan fingerprint density at radius 2 is 2.22 bits per heavy atom. The highest BCUT2D eigenvalue weighted by atomic mass is 16.5. The molecule has 0 spiro atoms. The van der Waals surface area contributed by atoms with Crippen molar-refractivity contribution in [2.24, 2.45) is 0 Å². The van der Waals surface area contributed by atoms with E-state index < -0.39 is 0 Å². The highest BCUT2D eigenvalue weighted by Crippen LogP contribution is 2.23. The predicted molar refractivity (Wildman–Crippen MR) is 71.7 cm³/mol. The van der Waals surface area contributed by atoms with Crippen molar-refractivity contribution >= 4 is 11.6 Å². The smallest absolute Gasteiger partial charge is 0.254 e. The number of nitrogens with zero attached hydrogens (tertiary/aromatic N) is 1. The number of carbonyl (C=O) groups excluding carboxylic acids is 1. The molecular formula is C14H18N2O2. The number of amides is 1. The first-order chi connectivity index (χ1) is 8.61. The average Bonchev–Trinajstić information content (AvgIpc) is 2.38. The van der Waals surface area contributed by atoms with Crippen molar-refractivity contribution in [2.45, 2.75) is 13.3 Å². The maximum Gasteiger partial charge on any atom is 0.254 e. The zero-order valence-corrected chi connectivity index (χ0v) is 10.8. The van der Waals surface area contributed by atoms with Crippen LogP contribution in [0.3, 0.4) is 0 Å². The van der Waals surface area contributed by atoms with Crippen molar-refractivity contribution in [1.29, 1.82) is 0 Å². The molecule has 2 rings (SSSR count). The molecule has 0 aromatic heterocycles. The molecule has 4 nitrogen and oxygen atoms in total. The number of hydrogen-bond acceptors (Lipinski definition) is 3. The van der Waals surface area contributed by atoms with Crippen LogP contribution in [0.5, 0.6) is 5.75 Å². The molecule has 1 aromatic rings. The summed E-state index contributed by atoms with van der Waals surface area (Å²) < 4.78 is 5.14. The molecule has 0 bridgehead atoms. The third-order valence-electron chi connectivity index (χ3n) is 3.10. The first-order valence-corrected chi connectivity index (χ1v) is 6.00. The second-order valence-electron chi connectivity index (χ2n) is 4.52. The summed E-state index contributed by atoms with van der Waals surface area (Å²) in [6.07, 6.45) is 3.09. The fourth-order valence-corrected chi connectivity index (χ4v) is 2.11. The maximum absolute atomic E-state index is 12.3. The van der Waals surface area contributed by atoms with E-state index in [-0.39, 0.29) is 5.91 Å². The minimum Gasteiger partial charge on any atom is -0.495 e. The van der Waals surface area contributed by atoms with Crippen LogP contribution in [0.4, 0.5) is 5.69 Å². The standard InChI is InChI=1S/C14H18N2O2/c1-10-4-3-7-16(9-10)14(17)11-5-6-12(15)13(8-11)18-2/h4-6,8H,3,7,9,15H2,1-2H3. The average molecular weight is 246 g/mol. The number of nitrogen functional groups attached to an aromatic ring is 1. The fraction of sp³-hybridized carbons (Fsp3) is 0.357. The van der Waals surface area contributed by atoms with Crippen LogP contribution in [-0.2, 0) is 0 Å². The Labute approximate surface area is 107 Å².